The molecule has 0 radical (unpaired) electrons. The molecule has 1 aromatic heterocycles. The molecule has 2 fully saturated rings. The van der Waals surface area contributed by atoms with E-state index in [1.165, 1.54) is 43.9 Å². The molecule has 2 atom stereocenters. The van der Waals surface area contributed by atoms with Crippen LogP contribution in [0.25, 0.3) is 11.4 Å². The summed E-state index contributed by atoms with van der Waals surface area (Å²) < 4.78 is 5.18. The van der Waals surface area contributed by atoms with Gasteiger partial charge in [0.15, 0.2) is 5.82 Å². The molecule has 1 aliphatic heterocycles. The molecule has 1 amide bonds. The largest absolute Gasteiger partial charge is 0.497 e. The van der Waals surface area contributed by atoms with Gasteiger partial charge in [0.25, 0.3) is 0 Å². The van der Waals surface area contributed by atoms with Crippen LogP contribution in [0.4, 0.5) is 0 Å². The first-order chi connectivity index (χ1) is 13.2. The number of benzene rings is 1. The summed E-state index contributed by atoms with van der Waals surface area (Å²) in [5.74, 6) is 2.86. The van der Waals surface area contributed by atoms with Crippen molar-refractivity contribution < 1.29 is 9.53 Å². The van der Waals surface area contributed by atoms with Crippen LogP contribution in [0.3, 0.4) is 0 Å². The lowest BCUT2D eigenvalue weighted by Gasteiger charge is -2.44. The van der Waals surface area contributed by atoms with Crippen molar-refractivity contribution in [3.05, 3.63) is 24.3 Å². The molecule has 1 N–H and O–H groups in total. The zero-order valence-corrected chi connectivity index (χ0v) is 16.5. The van der Waals surface area contributed by atoms with Gasteiger partial charge in [-0.3, -0.25) is 9.89 Å². The molecule has 4 rings (SSSR count). The monoisotopic (exact) mass is 386 g/mol. The van der Waals surface area contributed by atoms with Crippen molar-refractivity contribution in [3.63, 3.8) is 0 Å². The third-order valence-electron chi connectivity index (χ3n) is 5.72. The summed E-state index contributed by atoms with van der Waals surface area (Å²) in [4.78, 5) is 19.5. The number of carbonyl (C=O) groups excluding carboxylic acids is 1. The molecule has 7 heteroatoms. The maximum atomic E-state index is 12.8. The standard InChI is InChI=1S/C20H26N4O2S/c1-26-16-10-8-15(9-11-16)19-21-20(23-22-19)27-13-18(25)24-12-4-6-14-5-2-3-7-17(14)24/h8-11,14,17H,2-7,12-13H2,1H3,(H,21,22,23). The van der Waals surface area contributed by atoms with E-state index in [4.69, 9.17) is 4.74 Å². The number of piperidine rings is 1. The zero-order valence-electron chi connectivity index (χ0n) is 15.7. The van der Waals surface area contributed by atoms with Crippen molar-refractivity contribution in [2.24, 2.45) is 5.92 Å². The van der Waals surface area contributed by atoms with Crippen LogP contribution in [0.1, 0.15) is 38.5 Å². The fraction of sp³-hybridized carbons (Fsp3) is 0.550. The lowest BCUT2D eigenvalue weighted by Crippen LogP contribution is -2.50. The summed E-state index contributed by atoms with van der Waals surface area (Å²) in [6.45, 7) is 0.908. The van der Waals surface area contributed by atoms with E-state index in [1.54, 1.807) is 7.11 Å². The molecule has 0 bridgehead atoms. The number of H-pyrrole nitrogens is 1. The summed E-state index contributed by atoms with van der Waals surface area (Å²) in [6, 6.07) is 8.13. The van der Waals surface area contributed by atoms with Gasteiger partial charge in [0.05, 0.1) is 12.9 Å². The lowest BCUT2D eigenvalue weighted by atomic mass is 9.78. The Labute approximate surface area is 164 Å². The Morgan fingerprint density at radius 3 is 2.81 bits per heavy atom. The van der Waals surface area contributed by atoms with Gasteiger partial charge >= 0.3 is 0 Å². The number of thioether (sulfide) groups is 1. The molecule has 1 saturated carbocycles. The van der Waals surface area contributed by atoms with Crippen molar-refractivity contribution in [1.82, 2.24) is 20.1 Å². The Morgan fingerprint density at radius 2 is 2.00 bits per heavy atom. The Kier molecular flexibility index (Phi) is 5.66. The first-order valence-electron chi connectivity index (χ1n) is 9.73. The molecule has 2 heterocycles. The topological polar surface area (TPSA) is 71.1 Å². The summed E-state index contributed by atoms with van der Waals surface area (Å²) >= 11 is 1.42. The molecule has 144 valence electrons. The van der Waals surface area contributed by atoms with Crippen molar-refractivity contribution in [1.29, 1.82) is 0 Å². The van der Waals surface area contributed by atoms with Crippen LogP contribution in [0.2, 0.25) is 0 Å². The number of hydrogen-bond acceptors (Lipinski definition) is 5. The lowest BCUT2D eigenvalue weighted by molar-refractivity contribution is -0.134. The maximum Gasteiger partial charge on any atom is 0.233 e. The molecule has 0 spiro atoms. The van der Waals surface area contributed by atoms with E-state index in [2.05, 4.69) is 20.1 Å². The zero-order chi connectivity index (χ0) is 18.6. The second kappa shape index (κ2) is 8.33. The van der Waals surface area contributed by atoms with Gasteiger partial charge in [-0.25, -0.2) is 4.98 Å². The number of nitrogens with one attached hydrogen (secondary N) is 1. The average Bonchev–Trinajstić information content (AvgIpc) is 3.20. The number of aromatic nitrogens is 3. The summed E-state index contributed by atoms with van der Waals surface area (Å²) in [6.07, 6.45) is 7.46. The van der Waals surface area contributed by atoms with E-state index in [1.807, 2.05) is 24.3 Å². The third kappa shape index (κ3) is 4.13. The normalized spacial score (nSPS) is 22.3. The average molecular weight is 387 g/mol. The highest BCUT2D eigenvalue weighted by Gasteiger charge is 2.35. The van der Waals surface area contributed by atoms with Crippen molar-refractivity contribution in [2.45, 2.75) is 49.7 Å². The molecule has 6 nitrogen and oxygen atoms in total. The Hall–Kier alpha value is -2.02. The number of likely N-dealkylation sites (tertiary alicyclic amines) is 1. The van der Waals surface area contributed by atoms with Gasteiger partial charge in [-0.1, -0.05) is 24.6 Å². The van der Waals surface area contributed by atoms with E-state index in [-0.39, 0.29) is 5.91 Å². The quantitative estimate of drug-likeness (QED) is 0.793. The van der Waals surface area contributed by atoms with Gasteiger partial charge in [-0.15, -0.1) is 5.10 Å². The highest BCUT2D eigenvalue weighted by Crippen LogP contribution is 2.35. The number of fused-ring (bicyclic) bond motifs is 1. The van der Waals surface area contributed by atoms with E-state index in [0.29, 0.717) is 28.7 Å². The minimum absolute atomic E-state index is 0.229. The number of amides is 1. The van der Waals surface area contributed by atoms with Crippen molar-refractivity contribution >= 4 is 17.7 Å². The minimum Gasteiger partial charge on any atom is -0.497 e. The molecule has 1 aliphatic carbocycles. The fourth-order valence-electron chi connectivity index (χ4n) is 4.33. The van der Waals surface area contributed by atoms with Gasteiger partial charge in [0, 0.05) is 18.2 Å². The third-order valence-corrected chi connectivity index (χ3v) is 6.55. The Bertz CT molecular complexity index is 775. The summed E-state index contributed by atoms with van der Waals surface area (Å²) in [5, 5.41) is 7.84. The van der Waals surface area contributed by atoms with Crippen LogP contribution in [-0.4, -0.2) is 51.4 Å². The molecule has 2 aromatic rings. The molecule has 2 unspecified atom stereocenters. The second-order valence-electron chi connectivity index (χ2n) is 7.33. The van der Waals surface area contributed by atoms with Gasteiger partial charge in [0.2, 0.25) is 11.1 Å². The number of hydrogen-bond donors (Lipinski definition) is 1. The molecular formula is C20H26N4O2S. The van der Waals surface area contributed by atoms with Crippen LogP contribution in [0, 0.1) is 5.92 Å². The Balaban J connectivity index is 1.35. The summed E-state index contributed by atoms with van der Waals surface area (Å²) in [5.41, 5.74) is 0.947. The number of methoxy groups -OCH3 is 1. The van der Waals surface area contributed by atoms with Crippen LogP contribution in [0.15, 0.2) is 29.4 Å². The van der Waals surface area contributed by atoms with Gasteiger partial charge < -0.3 is 9.64 Å². The maximum absolute atomic E-state index is 12.8. The number of nitrogens with zero attached hydrogens (tertiary/aromatic N) is 3. The second-order valence-corrected chi connectivity index (χ2v) is 8.27. The molecule has 1 saturated heterocycles. The fourth-order valence-corrected chi connectivity index (χ4v) is 5.02. The van der Waals surface area contributed by atoms with Gasteiger partial charge in [0.1, 0.15) is 5.75 Å². The first kappa shape index (κ1) is 18.3. The van der Waals surface area contributed by atoms with Crippen LogP contribution >= 0.6 is 11.8 Å². The first-order valence-corrected chi connectivity index (χ1v) is 10.7. The number of aromatic amines is 1. The molecular weight excluding hydrogens is 360 g/mol. The van der Waals surface area contributed by atoms with E-state index in [0.717, 1.165) is 24.3 Å². The highest BCUT2D eigenvalue weighted by molar-refractivity contribution is 7.99. The predicted octanol–water partition coefficient (Wildman–Crippen LogP) is 3.75. The van der Waals surface area contributed by atoms with Crippen LogP contribution in [0.5, 0.6) is 5.75 Å². The predicted molar refractivity (Wildman–Crippen MR) is 106 cm³/mol. The number of carbonyl (C=O) groups is 1. The smallest absolute Gasteiger partial charge is 0.233 e. The summed E-state index contributed by atoms with van der Waals surface area (Å²) in [7, 11) is 1.65. The molecule has 27 heavy (non-hydrogen) atoms. The van der Waals surface area contributed by atoms with Crippen LogP contribution in [-0.2, 0) is 4.79 Å². The highest BCUT2D eigenvalue weighted by atomic mass is 32.2. The Morgan fingerprint density at radius 1 is 1.22 bits per heavy atom. The van der Waals surface area contributed by atoms with Crippen LogP contribution < -0.4 is 4.74 Å². The van der Waals surface area contributed by atoms with E-state index in [9.17, 15) is 4.79 Å². The minimum atomic E-state index is 0.229. The molecule has 2 aliphatic rings. The van der Waals surface area contributed by atoms with Crippen molar-refractivity contribution in [2.75, 3.05) is 19.4 Å². The molecule has 1 aromatic carbocycles. The van der Waals surface area contributed by atoms with Crippen molar-refractivity contribution in [3.8, 4) is 17.1 Å². The van der Waals surface area contributed by atoms with E-state index >= 15 is 0 Å². The number of ether oxygens (including phenoxy) is 1. The van der Waals surface area contributed by atoms with Gasteiger partial charge in [-0.2, -0.15) is 0 Å². The van der Waals surface area contributed by atoms with Gasteiger partial charge in [-0.05, 0) is 55.9 Å². The SMILES string of the molecule is COc1ccc(-c2nc(SCC(=O)N3CCCC4CCCCC43)n[nH]2)cc1. The number of rotatable bonds is 5. The van der Waals surface area contributed by atoms with E-state index < -0.39 is 0 Å².